The molecule has 2 aliphatic rings. The fourth-order valence-electron chi connectivity index (χ4n) is 3.61. The zero-order valence-electron chi connectivity index (χ0n) is 18.1. The van der Waals surface area contributed by atoms with E-state index in [4.69, 9.17) is 0 Å². The molecular weight excluding hydrogens is 381 g/mol. The Labute approximate surface area is 177 Å². The molecular formula is C22H30FN7. The number of nitrogens with zero attached hydrogens (tertiary/aromatic N) is 5. The molecule has 0 spiro atoms. The molecule has 0 radical (unpaired) electrons. The first kappa shape index (κ1) is 21.7. The van der Waals surface area contributed by atoms with Crippen LogP contribution in [0.5, 0.6) is 0 Å². The van der Waals surface area contributed by atoms with E-state index in [1.807, 2.05) is 68.6 Å². The van der Waals surface area contributed by atoms with Crippen LogP contribution in [0.15, 0.2) is 48.9 Å². The largest absolute Gasteiger partial charge is 0.315 e. The van der Waals surface area contributed by atoms with Gasteiger partial charge >= 0.3 is 0 Å². The first-order valence-corrected chi connectivity index (χ1v) is 10.3. The van der Waals surface area contributed by atoms with Crippen molar-refractivity contribution in [2.24, 2.45) is 0 Å². The van der Waals surface area contributed by atoms with Crippen LogP contribution in [0.2, 0.25) is 0 Å². The van der Waals surface area contributed by atoms with E-state index in [1.54, 1.807) is 0 Å². The summed E-state index contributed by atoms with van der Waals surface area (Å²) in [6.07, 6.45) is 6.26. The van der Waals surface area contributed by atoms with Crippen LogP contribution in [0.3, 0.4) is 0 Å². The van der Waals surface area contributed by atoms with E-state index in [1.165, 1.54) is 17.8 Å². The molecule has 160 valence electrons. The number of aromatic nitrogens is 3. The Bertz CT molecular complexity index is 956. The van der Waals surface area contributed by atoms with E-state index < -0.39 is 5.95 Å². The van der Waals surface area contributed by atoms with Crippen LogP contribution >= 0.6 is 0 Å². The number of hydrogen-bond acceptors (Lipinski definition) is 6. The van der Waals surface area contributed by atoms with Crippen molar-refractivity contribution in [3.8, 4) is 11.1 Å². The number of hydrazine groups is 2. The fraction of sp³-hybridized carbons (Fsp3) is 0.364. The average molecular weight is 412 g/mol. The SMILES string of the molecule is CC.CN1NCCc2c(-c3ccnc(F)c3)cccc21.CN1NCCn2ccnc21. The number of rotatable bonds is 1. The van der Waals surface area contributed by atoms with E-state index >= 15 is 0 Å². The number of nitrogens with one attached hydrogen (secondary N) is 2. The highest BCUT2D eigenvalue weighted by Crippen LogP contribution is 2.32. The first-order chi connectivity index (χ1) is 14.6. The van der Waals surface area contributed by atoms with Gasteiger partial charge in [0.05, 0.1) is 5.69 Å². The second-order valence-electron chi connectivity index (χ2n) is 6.78. The van der Waals surface area contributed by atoms with Crippen molar-refractivity contribution in [3.63, 3.8) is 0 Å². The van der Waals surface area contributed by atoms with E-state index in [-0.39, 0.29) is 0 Å². The molecule has 0 aliphatic carbocycles. The summed E-state index contributed by atoms with van der Waals surface area (Å²) in [6.45, 7) is 6.90. The van der Waals surface area contributed by atoms with Crippen molar-refractivity contribution in [2.75, 3.05) is 37.2 Å². The van der Waals surface area contributed by atoms with Crippen LogP contribution in [0, 0.1) is 5.95 Å². The highest BCUT2D eigenvalue weighted by Gasteiger charge is 2.17. The van der Waals surface area contributed by atoms with Gasteiger partial charge in [-0.2, -0.15) is 4.39 Å². The monoisotopic (exact) mass is 411 g/mol. The maximum absolute atomic E-state index is 13.2. The van der Waals surface area contributed by atoms with Crippen molar-refractivity contribution in [1.29, 1.82) is 0 Å². The minimum absolute atomic E-state index is 0.438. The van der Waals surface area contributed by atoms with Crippen LogP contribution < -0.4 is 20.9 Å². The van der Waals surface area contributed by atoms with Gasteiger partial charge in [-0.3, -0.25) is 5.01 Å². The normalized spacial score (nSPS) is 14.6. The van der Waals surface area contributed by atoms with Crippen LogP contribution in [0.25, 0.3) is 11.1 Å². The molecule has 3 aromatic rings. The van der Waals surface area contributed by atoms with E-state index in [9.17, 15) is 4.39 Å². The third-order valence-electron chi connectivity index (χ3n) is 4.97. The Morgan fingerprint density at radius 3 is 2.53 bits per heavy atom. The lowest BCUT2D eigenvalue weighted by atomic mass is 9.95. The minimum Gasteiger partial charge on any atom is -0.315 e. The van der Waals surface area contributed by atoms with Crippen LogP contribution in [-0.4, -0.2) is 41.7 Å². The molecule has 8 heteroatoms. The van der Waals surface area contributed by atoms with E-state index in [0.29, 0.717) is 0 Å². The third kappa shape index (κ3) is 4.77. The summed E-state index contributed by atoms with van der Waals surface area (Å²) in [6, 6.07) is 9.43. The minimum atomic E-state index is -0.438. The van der Waals surface area contributed by atoms with Crippen LogP contribution in [-0.2, 0) is 13.0 Å². The Hall–Kier alpha value is -2.97. The number of halogens is 1. The summed E-state index contributed by atoms with van der Waals surface area (Å²) in [7, 11) is 3.97. The second-order valence-corrected chi connectivity index (χ2v) is 6.78. The summed E-state index contributed by atoms with van der Waals surface area (Å²) in [5.74, 6) is 0.554. The van der Waals surface area contributed by atoms with Crippen LogP contribution in [0.4, 0.5) is 16.0 Å². The lowest BCUT2D eigenvalue weighted by Crippen LogP contribution is -2.42. The lowest BCUT2D eigenvalue weighted by molar-refractivity contribution is 0.525. The van der Waals surface area contributed by atoms with Gasteiger partial charge in [0.15, 0.2) is 0 Å². The summed E-state index contributed by atoms with van der Waals surface area (Å²) >= 11 is 0. The number of anilines is 2. The molecule has 0 saturated carbocycles. The molecule has 0 fully saturated rings. The summed E-state index contributed by atoms with van der Waals surface area (Å²) in [5.41, 5.74) is 10.8. The van der Waals surface area contributed by atoms with Gasteiger partial charge in [-0.1, -0.05) is 26.0 Å². The van der Waals surface area contributed by atoms with E-state index in [2.05, 4.69) is 31.5 Å². The van der Waals surface area contributed by atoms with Crippen molar-refractivity contribution < 1.29 is 4.39 Å². The molecule has 0 atom stereocenters. The van der Waals surface area contributed by atoms with Gasteiger partial charge in [0.25, 0.3) is 0 Å². The van der Waals surface area contributed by atoms with Gasteiger partial charge in [0.2, 0.25) is 11.9 Å². The number of benzene rings is 1. The standard InChI is InChI=1S/C14H14FN3.C6H10N4.C2H6/c1-18-13-4-2-3-11(12(13)6-8-17-18)10-5-7-16-14(15)9-10;1-9-6-7-2-4-10(6)5-3-8-9;1-2/h2-5,7,9,17H,6,8H2,1H3;2,4,8H,3,5H2,1H3;1-2H3. The molecule has 0 unspecified atom stereocenters. The Balaban J connectivity index is 0.000000180. The molecule has 0 amide bonds. The van der Waals surface area contributed by atoms with Crippen molar-refractivity contribution in [3.05, 3.63) is 60.4 Å². The zero-order chi connectivity index (χ0) is 21.5. The zero-order valence-corrected chi connectivity index (χ0v) is 18.1. The van der Waals surface area contributed by atoms with E-state index in [0.717, 1.165) is 48.8 Å². The third-order valence-corrected chi connectivity index (χ3v) is 4.97. The molecule has 7 nitrogen and oxygen atoms in total. The molecule has 30 heavy (non-hydrogen) atoms. The van der Waals surface area contributed by atoms with Gasteiger partial charge in [-0.25, -0.2) is 20.8 Å². The van der Waals surface area contributed by atoms with Crippen molar-refractivity contribution in [2.45, 2.75) is 26.8 Å². The van der Waals surface area contributed by atoms with Gasteiger partial charge < -0.3 is 9.58 Å². The van der Waals surface area contributed by atoms with Crippen LogP contribution in [0.1, 0.15) is 19.4 Å². The van der Waals surface area contributed by atoms with Gasteiger partial charge in [0.1, 0.15) is 0 Å². The maximum Gasteiger partial charge on any atom is 0.219 e. The Morgan fingerprint density at radius 1 is 0.967 bits per heavy atom. The summed E-state index contributed by atoms with van der Waals surface area (Å²) < 4.78 is 15.3. The Morgan fingerprint density at radius 2 is 1.77 bits per heavy atom. The molecule has 5 rings (SSSR count). The number of fused-ring (bicyclic) bond motifs is 2. The molecule has 4 heterocycles. The van der Waals surface area contributed by atoms with Gasteiger partial charge in [-0.05, 0) is 35.2 Å². The Kier molecular flexibility index (Phi) is 7.37. The predicted molar refractivity (Wildman–Crippen MR) is 120 cm³/mol. The highest BCUT2D eigenvalue weighted by atomic mass is 19.1. The molecule has 0 bridgehead atoms. The molecule has 1 aromatic carbocycles. The van der Waals surface area contributed by atoms with Gasteiger partial charge in [0, 0.05) is 58.4 Å². The average Bonchev–Trinajstić information content (AvgIpc) is 3.26. The molecule has 2 aromatic heterocycles. The highest BCUT2D eigenvalue weighted by molar-refractivity contribution is 5.74. The summed E-state index contributed by atoms with van der Waals surface area (Å²) in [4.78, 5) is 7.77. The second kappa shape index (κ2) is 10.2. The molecule has 2 N–H and O–H groups in total. The number of pyridine rings is 1. The number of imidazole rings is 1. The maximum atomic E-state index is 13.2. The predicted octanol–water partition coefficient (Wildman–Crippen LogP) is 3.25. The summed E-state index contributed by atoms with van der Waals surface area (Å²) in [5, 5.41) is 3.95. The van der Waals surface area contributed by atoms with Crippen molar-refractivity contribution >= 4 is 11.6 Å². The molecule has 2 aliphatic heterocycles. The lowest BCUT2D eigenvalue weighted by Gasteiger charge is -2.30. The first-order valence-electron chi connectivity index (χ1n) is 10.3. The molecule has 0 saturated heterocycles. The van der Waals surface area contributed by atoms with Crippen molar-refractivity contribution in [1.82, 2.24) is 25.4 Å². The smallest absolute Gasteiger partial charge is 0.219 e. The fourth-order valence-corrected chi connectivity index (χ4v) is 3.61. The van der Waals surface area contributed by atoms with Gasteiger partial charge in [-0.15, -0.1) is 0 Å². The quantitative estimate of drug-likeness (QED) is 0.600. The topological polar surface area (TPSA) is 61.2 Å². The number of hydrogen-bond donors (Lipinski definition) is 2.